The molecule has 7 aromatic rings. The molecule has 0 radical (unpaired) electrons. The van der Waals surface area contributed by atoms with Crippen molar-refractivity contribution in [2.24, 2.45) is 7.05 Å². The summed E-state index contributed by atoms with van der Waals surface area (Å²) in [5.41, 5.74) is 10.1. The summed E-state index contributed by atoms with van der Waals surface area (Å²) >= 11 is 0. The Bertz CT molecular complexity index is 1940. The van der Waals surface area contributed by atoms with Gasteiger partial charge >= 0.3 is 0 Å². The first-order chi connectivity index (χ1) is 18.3. The second-order valence-electron chi connectivity index (χ2n) is 10.2. The van der Waals surface area contributed by atoms with Crippen LogP contribution in [0.15, 0.2) is 133 Å². The van der Waals surface area contributed by atoms with Crippen molar-refractivity contribution in [3.8, 4) is 11.1 Å². The second kappa shape index (κ2) is 7.44. The van der Waals surface area contributed by atoms with Crippen LogP contribution in [0, 0.1) is 0 Å². The van der Waals surface area contributed by atoms with Gasteiger partial charge in [0.25, 0.3) is 0 Å². The van der Waals surface area contributed by atoms with Crippen LogP contribution < -0.4 is 0 Å². The zero-order chi connectivity index (χ0) is 24.6. The minimum Gasteiger partial charge on any atom is -0.344 e. The maximum absolute atomic E-state index is 2.47. The molecule has 1 nitrogen and oxygen atoms in total. The standard InChI is InChI=1S/C36H25N/c1-37-34-21-25-13-9-8-12-24(25)20-30(34)31-22-29-28-18-10-11-19-32(28)36(33(29)23-35(31)37,26-14-4-2-5-15-26)27-16-6-3-7-17-27/h2-23H,1H3. The molecule has 0 aliphatic heterocycles. The van der Waals surface area contributed by atoms with Crippen molar-refractivity contribution in [2.45, 2.75) is 5.41 Å². The molecule has 1 heteroatoms. The minimum absolute atomic E-state index is 0.371. The molecule has 1 aliphatic carbocycles. The molecule has 174 valence electrons. The van der Waals surface area contributed by atoms with Crippen molar-refractivity contribution in [3.05, 3.63) is 156 Å². The summed E-state index contributed by atoms with van der Waals surface area (Å²) in [4.78, 5) is 0. The van der Waals surface area contributed by atoms with Gasteiger partial charge in [0.15, 0.2) is 0 Å². The Labute approximate surface area is 216 Å². The smallest absolute Gasteiger partial charge is 0.0714 e. The molecule has 0 fully saturated rings. The summed E-state index contributed by atoms with van der Waals surface area (Å²) in [6.45, 7) is 0. The van der Waals surface area contributed by atoms with Crippen molar-refractivity contribution in [1.82, 2.24) is 4.57 Å². The van der Waals surface area contributed by atoms with Crippen LogP contribution in [0.1, 0.15) is 22.3 Å². The SMILES string of the molecule is Cn1c2cc3c(cc2c2cc4ccccc4cc21)-c1ccccc1C3(c1ccccc1)c1ccccc1. The molecule has 1 aliphatic rings. The summed E-state index contributed by atoms with van der Waals surface area (Å²) in [5, 5.41) is 5.19. The predicted molar refractivity (Wildman–Crippen MR) is 155 cm³/mol. The number of hydrogen-bond donors (Lipinski definition) is 0. The number of aromatic nitrogens is 1. The Morgan fingerprint density at radius 1 is 0.459 bits per heavy atom. The Hall–Kier alpha value is -4.62. The van der Waals surface area contributed by atoms with Gasteiger partial charge in [-0.25, -0.2) is 0 Å². The molecular weight excluding hydrogens is 446 g/mol. The van der Waals surface area contributed by atoms with Gasteiger partial charge in [-0.1, -0.05) is 109 Å². The lowest BCUT2D eigenvalue weighted by molar-refractivity contribution is 0.768. The van der Waals surface area contributed by atoms with Gasteiger partial charge in [0.2, 0.25) is 0 Å². The summed E-state index contributed by atoms with van der Waals surface area (Å²) in [6, 6.07) is 49.3. The maximum Gasteiger partial charge on any atom is 0.0714 e. The fraction of sp³-hybridized carbons (Fsp3) is 0.0556. The molecule has 0 N–H and O–H groups in total. The third-order valence-electron chi connectivity index (χ3n) is 8.45. The summed E-state index contributed by atoms with van der Waals surface area (Å²) in [6.07, 6.45) is 0. The summed E-state index contributed by atoms with van der Waals surface area (Å²) in [7, 11) is 2.21. The van der Waals surface area contributed by atoms with Gasteiger partial charge in [-0.3, -0.25) is 0 Å². The molecule has 37 heavy (non-hydrogen) atoms. The molecule has 1 heterocycles. The molecule has 0 unspecified atom stereocenters. The van der Waals surface area contributed by atoms with Gasteiger partial charge < -0.3 is 4.57 Å². The third kappa shape index (κ3) is 2.64. The number of nitrogens with zero attached hydrogens (tertiary/aromatic N) is 1. The van der Waals surface area contributed by atoms with Gasteiger partial charge in [0.05, 0.1) is 5.41 Å². The fourth-order valence-corrected chi connectivity index (χ4v) is 6.82. The molecule has 6 aromatic carbocycles. The van der Waals surface area contributed by atoms with E-state index in [4.69, 9.17) is 0 Å². The Morgan fingerprint density at radius 3 is 1.70 bits per heavy atom. The quantitative estimate of drug-likeness (QED) is 0.237. The zero-order valence-corrected chi connectivity index (χ0v) is 20.6. The van der Waals surface area contributed by atoms with E-state index in [0.717, 1.165) is 0 Å². The van der Waals surface area contributed by atoms with Crippen molar-refractivity contribution >= 4 is 32.6 Å². The van der Waals surface area contributed by atoms with E-state index in [-0.39, 0.29) is 5.41 Å². The van der Waals surface area contributed by atoms with Crippen LogP contribution in [0.2, 0.25) is 0 Å². The number of hydrogen-bond acceptors (Lipinski definition) is 0. The summed E-state index contributed by atoms with van der Waals surface area (Å²) in [5.74, 6) is 0. The van der Waals surface area contributed by atoms with Gasteiger partial charge in [0, 0.05) is 28.9 Å². The maximum atomic E-state index is 2.47. The molecule has 0 atom stereocenters. The van der Waals surface area contributed by atoms with Crippen LogP contribution in [-0.4, -0.2) is 4.57 Å². The van der Waals surface area contributed by atoms with Crippen LogP contribution in [0.3, 0.4) is 0 Å². The van der Waals surface area contributed by atoms with E-state index >= 15 is 0 Å². The Morgan fingerprint density at radius 2 is 1.00 bits per heavy atom. The highest BCUT2D eigenvalue weighted by Crippen LogP contribution is 2.57. The molecular formula is C36H25N. The van der Waals surface area contributed by atoms with E-state index in [1.165, 1.54) is 66.0 Å². The van der Waals surface area contributed by atoms with Crippen molar-refractivity contribution < 1.29 is 0 Å². The Balaban J connectivity index is 1.56. The average Bonchev–Trinajstić information content (AvgIpc) is 3.41. The number of rotatable bonds is 2. The van der Waals surface area contributed by atoms with Crippen LogP contribution >= 0.6 is 0 Å². The second-order valence-corrected chi connectivity index (χ2v) is 10.2. The topological polar surface area (TPSA) is 4.93 Å². The highest BCUT2D eigenvalue weighted by atomic mass is 14.9. The highest BCUT2D eigenvalue weighted by molar-refractivity contribution is 6.14. The Kier molecular flexibility index (Phi) is 4.14. The number of fused-ring (bicyclic) bond motifs is 7. The minimum atomic E-state index is -0.371. The first-order valence-corrected chi connectivity index (χ1v) is 12.9. The van der Waals surface area contributed by atoms with Crippen molar-refractivity contribution in [2.75, 3.05) is 0 Å². The van der Waals surface area contributed by atoms with E-state index in [9.17, 15) is 0 Å². The number of aryl methyl sites for hydroxylation is 1. The van der Waals surface area contributed by atoms with E-state index in [2.05, 4.69) is 145 Å². The molecule has 8 rings (SSSR count). The molecule has 0 spiro atoms. The largest absolute Gasteiger partial charge is 0.344 e. The average molecular weight is 472 g/mol. The van der Waals surface area contributed by atoms with Crippen molar-refractivity contribution in [3.63, 3.8) is 0 Å². The molecule has 0 saturated heterocycles. The lowest BCUT2D eigenvalue weighted by Gasteiger charge is -2.33. The third-order valence-corrected chi connectivity index (χ3v) is 8.45. The lowest BCUT2D eigenvalue weighted by atomic mass is 9.67. The van der Waals surface area contributed by atoms with Crippen LogP contribution in [0.4, 0.5) is 0 Å². The monoisotopic (exact) mass is 471 g/mol. The van der Waals surface area contributed by atoms with Crippen LogP contribution in [-0.2, 0) is 12.5 Å². The molecule has 1 aromatic heterocycles. The normalized spacial score (nSPS) is 13.8. The van der Waals surface area contributed by atoms with Crippen molar-refractivity contribution in [1.29, 1.82) is 0 Å². The first-order valence-electron chi connectivity index (χ1n) is 12.9. The highest BCUT2D eigenvalue weighted by Gasteiger charge is 2.46. The van der Waals surface area contributed by atoms with Crippen LogP contribution in [0.5, 0.6) is 0 Å². The molecule has 0 saturated carbocycles. The van der Waals surface area contributed by atoms with Gasteiger partial charge in [0.1, 0.15) is 0 Å². The van der Waals surface area contributed by atoms with E-state index in [1.807, 2.05) is 0 Å². The van der Waals surface area contributed by atoms with E-state index < -0.39 is 0 Å². The first kappa shape index (κ1) is 20.6. The molecule has 0 bridgehead atoms. The summed E-state index contributed by atoms with van der Waals surface area (Å²) < 4.78 is 2.38. The number of benzene rings is 6. The molecule has 0 amide bonds. The van der Waals surface area contributed by atoms with Gasteiger partial charge in [-0.2, -0.15) is 0 Å². The van der Waals surface area contributed by atoms with Gasteiger partial charge in [-0.15, -0.1) is 0 Å². The van der Waals surface area contributed by atoms with Crippen LogP contribution in [0.25, 0.3) is 43.7 Å². The zero-order valence-electron chi connectivity index (χ0n) is 20.6. The fourth-order valence-electron chi connectivity index (χ4n) is 6.82. The van der Waals surface area contributed by atoms with Gasteiger partial charge in [-0.05, 0) is 68.4 Å². The predicted octanol–water partition coefficient (Wildman–Crippen LogP) is 8.85. The lowest BCUT2D eigenvalue weighted by Crippen LogP contribution is -2.28. The van der Waals surface area contributed by atoms with E-state index in [0.29, 0.717) is 0 Å². The van der Waals surface area contributed by atoms with E-state index in [1.54, 1.807) is 0 Å².